The number of hydrogen-bond acceptors (Lipinski definition) is 7. The first-order chi connectivity index (χ1) is 19.7. The van der Waals surface area contributed by atoms with E-state index in [1.807, 2.05) is 74.5 Å². The molecule has 5 amide bonds. The molecule has 214 valence electrons. The summed E-state index contributed by atoms with van der Waals surface area (Å²) in [6.45, 7) is 3.73. The number of nitrogens with zero attached hydrogens (tertiary/aromatic N) is 3. The standard InChI is InChI=1S/C30H32N4O6S/c1-18(2)25-27(35)33(28(36)32-25)21(13-19-9-5-3-6-10-19)14-24-26(34(29(37)38)30(39)40-24)23(15-22-16-31-17-41-22)20-11-7-4-8-12-20/h3-12,16-18,21,23-26H,13-15H2,1-2H3,(H,32,36)(H,37,38)/t21-,23?,24-,25-,26-/m0/s1. The van der Waals surface area contributed by atoms with E-state index in [2.05, 4.69) is 10.3 Å². The fourth-order valence-electron chi connectivity index (χ4n) is 5.82. The van der Waals surface area contributed by atoms with Gasteiger partial charge in [-0.15, -0.1) is 11.3 Å². The number of imide groups is 2. The molecular weight excluding hydrogens is 544 g/mol. The Morgan fingerprint density at radius 3 is 2.32 bits per heavy atom. The third-order valence-corrected chi connectivity index (χ3v) is 8.53. The molecule has 5 atom stereocenters. The van der Waals surface area contributed by atoms with E-state index in [1.165, 1.54) is 16.2 Å². The lowest BCUT2D eigenvalue weighted by Gasteiger charge is -2.33. The number of hydrogen-bond donors (Lipinski definition) is 2. The molecule has 0 saturated carbocycles. The van der Waals surface area contributed by atoms with Crippen molar-refractivity contribution in [3.05, 3.63) is 88.4 Å². The number of benzene rings is 2. The van der Waals surface area contributed by atoms with E-state index < -0.39 is 48.4 Å². The van der Waals surface area contributed by atoms with Crippen molar-refractivity contribution < 1.29 is 29.0 Å². The minimum Gasteiger partial charge on any atom is -0.465 e. The van der Waals surface area contributed by atoms with Gasteiger partial charge in [0.2, 0.25) is 0 Å². The smallest absolute Gasteiger partial charge is 0.420 e. The van der Waals surface area contributed by atoms with E-state index in [0.717, 1.165) is 20.9 Å². The van der Waals surface area contributed by atoms with Gasteiger partial charge in [0, 0.05) is 29.5 Å². The molecule has 3 heterocycles. The maximum Gasteiger partial charge on any atom is 0.420 e. The third kappa shape index (κ3) is 5.95. The number of nitrogens with one attached hydrogen (secondary N) is 1. The summed E-state index contributed by atoms with van der Waals surface area (Å²) < 4.78 is 5.77. The molecule has 1 unspecified atom stereocenters. The molecule has 0 aliphatic carbocycles. The van der Waals surface area contributed by atoms with Gasteiger partial charge in [-0.3, -0.25) is 14.7 Å². The van der Waals surface area contributed by atoms with Gasteiger partial charge in [-0.1, -0.05) is 74.5 Å². The van der Waals surface area contributed by atoms with E-state index in [1.54, 1.807) is 11.7 Å². The number of rotatable bonds is 10. The number of urea groups is 1. The van der Waals surface area contributed by atoms with E-state index in [0.29, 0.717) is 12.8 Å². The topological polar surface area (TPSA) is 129 Å². The van der Waals surface area contributed by atoms with Crippen LogP contribution in [0.3, 0.4) is 0 Å². The van der Waals surface area contributed by atoms with Gasteiger partial charge in [-0.2, -0.15) is 0 Å². The Hall–Kier alpha value is -4.25. The Morgan fingerprint density at radius 1 is 1.05 bits per heavy atom. The largest absolute Gasteiger partial charge is 0.465 e. The molecule has 11 heteroatoms. The van der Waals surface area contributed by atoms with Gasteiger partial charge in [0.15, 0.2) is 0 Å². The predicted molar refractivity (Wildman–Crippen MR) is 151 cm³/mol. The van der Waals surface area contributed by atoms with Crippen molar-refractivity contribution in [2.24, 2.45) is 5.92 Å². The fraction of sp³-hybridized carbons (Fsp3) is 0.367. The number of amides is 5. The quantitative estimate of drug-likeness (QED) is 0.328. The monoisotopic (exact) mass is 576 g/mol. The van der Waals surface area contributed by atoms with Crippen LogP contribution in [0.15, 0.2) is 72.4 Å². The predicted octanol–water partition coefficient (Wildman–Crippen LogP) is 4.91. The van der Waals surface area contributed by atoms with Gasteiger partial charge in [-0.05, 0) is 29.9 Å². The summed E-state index contributed by atoms with van der Waals surface area (Å²) in [5, 5.41) is 12.9. The Bertz CT molecular complexity index is 1380. The Kier molecular flexibility index (Phi) is 8.34. The molecule has 2 aliphatic rings. The number of carboxylic acid groups (broad SMARTS) is 1. The van der Waals surface area contributed by atoms with Crippen LogP contribution in [0.1, 0.15) is 42.2 Å². The van der Waals surface area contributed by atoms with Crippen LogP contribution < -0.4 is 5.32 Å². The SMILES string of the molecule is CC(C)[C@@H]1NC(=O)N([C@@H](Cc2ccccc2)C[C@@H]2OC(=O)N(C(=O)O)[C@H]2C(Cc2cncs2)c2ccccc2)C1=O. The Morgan fingerprint density at radius 2 is 1.73 bits per heavy atom. The maximum absolute atomic E-state index is 13.5. The lowest BCUT2D eigenvalue weighted by molar-refractivity contribution is -0.130. The van der Waals surface area contributed by atoms with E-state index in [4.69, 9.17) is 4.74 Å². The highest BCUT2D eigenvalue weighted by atomic mass is 32.1. The average Bonchev–Trinajstić information content (AvgIpc) is 3.65. The maximum atomic E-state index is 13.5. The zero-order valence-corrected chi connectivity index (χ0v) is 23.6. The molecular formula is C30H32N4O6S. The Balaban J connectivity index is 1.54. The molecule has 5 rings (SSSR count). The molecule has 41 heavy (non-hydrogen) atoms. The minimum absolute atomic E-state index is 0.0745. The van der Waals surface area contributed by atoms with Crippen molar-refractivity contribution in [1.82, 2.24) is 20.1 Å². The molecule has 1 aromatic heterocycles. The summed E-state index contributed by atoms with van der Waals surface area (Å²) in [4.78, 5) is 59.2. The zero-order valence-electron chi connectivity index (χ0n) is 22.8. The fourth-order valence-corrected chi connectivity index (χ4v) is 6.47. The molecule has 2 saturated heterocycles. The van der Waals surface area contributed by atoms with Crippen LogP contribution in [0.25, 0.3) is 0 Å². The molecule has 0 radical (unpaired) electrons. The number of aromatic nitrogens is 1. The second kappa shape index (κ2) is 12.1. The third-order valence-electron chi connectivity index (χ3n) is 7.73. The number of ether oxygens (including phenoxy) is 1. The lowest BCUT2D eigenvalue weighted by atomic mass is 9.82. The van der Waals surface area contributed by atoms with E-state index in [9.17, 15) is 24.3 Å². The summed E-state index contributed by atoms with van der Waals surface area (Å²) in [7, 11) is 0. The summed E-state index contributed by atoms with van der Waals surface area (Å²) in [6.07, 6.45) is -0.734. The van der Waals surface area contributed by atoms with Crippen LogP contribution in [0.4, 0.5) is 14.4 Å². The van der Waals surface area contributed by atoms with Crippen molar-refractivity contribution in [1.29, 1.82) is 0 Å². The van der Waals surface area contributed by atoms with Crippen molar-refractivity contribution in [3.8, 4) is 0 Å². The molecule has 2 N–H and O–H groups in total. The first-order valence-electron chi connectivity index (χ1n) is 13.6. The summed E-state index contributed by atoms with van der Waals surface area (Å²) in [6, 6.07) is 16.1. The molecule has 2 aromatic carbocycles. The number of cyclic esters (lactones) is 1. The number of thiazole rings is 1. The van der Waals surface area contributed by atoms with Gasteiger partial charge < -0.3 is 15.2 Å². The molecule has 10 nitrogen and oxygen atoms in total. The Labute approximate surface area is 241 Å². The minimum atomic E-state index is -1.41. The van der Waals surface area contributed by atoms with Crippen LogP contribution in [0.2, 0.25) is 0 Å². The molecule has 0 spiro atoms. The highest BCUT2D eigenvalue weighted by Gasteiger charge is 2.52. The van der Waals surface area contributed by atoms with Crippen molar-refractivity contribution >= 4 is 35.5 Å². The van der Waals surface area contributed by atoms with Crippen LogP contribution in [0.5, 0.6) is 0 Å². The molecule has 0 bridgehead atoms. The summed E-state index contributed by atoms with van der Waals surface area (Å²) in [5.74, 6) is -0.908. The van der Waals surface area contributed by atoms with Crippen molar-refractivity contribution in [2.45, 2.75) is 63.3 Å². The highest BCUT2D eigenvalue weighted by molar-refractivity contribution is 7.09. The van der Waals surface area contributed by atoms with E-state index in [-0.39, 0.29) is 18.2 Å². The van der Waals surface area contributed by atoms with E-state index >= 15 is 0 Å². The first kappa shape index (κ1) is 28.3. The number of carbonyl (C=O) groups excluding carboxylic acids is 3. The van der Waals surface area contributed by atoms with Crippen LogP contribution >= 0.6 is 11.3 Å². The average molecular weight is 577 g/mol. The highest BCUT2D eigenvalue weighted by Crippen LogP contribution is 2.38. The second-order valence-corrected chi connectivity index (χ2v) is 11.7. The zero-order chi connectivity index (χ0) is 29.1. The van der Waals surface area contributed by atoms with Crippen molar-refractivity contribution in [2.75, 3.05) is 0 Å². The van der Waals surface area contributed by atoms with Crippen molar-refractivity contribution in [3.63, 3.8) is 0 Å². The lowest BCUT2D eigenvalue weighted by Crippen LogP contribution is -2.49. The molecule has 2 aliphatic heterocycles. The second-order valence-electron chi connectivity index (χ2n) is 10.7. The summed E-state index contributed by atoms with van der Waals surface area (Å²) >= 11 is 1.45. The van der Waals surface area contributed by atoms with Gasteiger partial charge in [-0.25, -0.2) is 19.3 Å². The molecule has 2 fully saturated rings. The summed E-state index contributed by atoms with van der Waals surface area (Å²) in [5.41, 5.74) is 3.44. The van der Waals surface area contributed by atoms with Crippen LogP contribution in [-0.2, 0) is 22.4 Å². The van der Waals surface area contributed by atoms with Crippen LogP contribution in [0, 0.1) is 5.92 Å². The van der Waals surface area contributed by atoms with Gasteiger partial charge >= 0.3 is 18.2 Å². The normalized spacial score (nSPS) is 22.1. The van der Waals surface area contributed by atoms with Gasteiger partial charge in [0.1, 0.15) is 12.1 Å². The van der Waals surface area contributed by atoms with Gasteiger partial charge in [0.05, 0.1) is 11.6 Å². The number of carbonyl (C=O) groups is 4. The molecule has 3 aromatic rings. The van der Waals surface area contributed by atoms with Crippen LogP contribution in [-0.4, -0.2) is 68.2 Å². The van der Waals surface area contributed by atoms with Gasteiger partial charge in [0.25, 0.3) is 5.91 Å². The first-order valence-corrected chi connectivity index (χ1v) is 14.4.